The molecule has 1 fully saturated rings. The molecule has 2 aromatic rings. The van der Waals surface area contributed by atoms with Gasteiger partial charge in [0.25, 0.3) is 11.7 Å². The third kappa shape index (κ3) is 3.89. The van der Waals surface area contributed by atoms with Gasteiger partial charge in [0.15, 0.2) is 0 Å². The third-order valence-electron chi connectivity index (χ3n) is 5.06. The molecule has 158 valence electrons. The van der Waals surface area contributed by atoms with E-state index in [1.807, 2.05) is 19.1 Å². The number of rotatable bonds is 6. The number of hydrogen-bond acceptors (Lipinski definition) is 6. The number of carbonyl (C=O) groups excluding carboxylic acids is 2. The van der Waals surface area contributed by atoms with Gasteiger partial charge >= 0.3 is 0 Å². The first-order valence-electron chi connectivity index (χ1n) is 9.54. The lowest BCUT2D eigenvalue weighted by molar-refractivity contribution is -0.140. The number of methoxy groups -OCH3 is 2. The number of ether oxygens (including phenoxy) is 2. The minimum absolute atomic E-state index is 0.0482. The van der Waals surface area contributed by atoms with Crippen LogP contribution >= 0.6 is 0 Å². The summed E-state index contributed by atoms with van der Waals surface area (Å²) in [7, 11) is 2.99. The van der Waals surface area contributed by atoms with Crippen molar-refractivity contribution in [3.05, 3.63) is 64.7 Å². The van der Waals surface area contributed by atoms with E-state index in [1.165, 1.54) is 26.0 Å². The SMILES string of the molecule is COc1ccc(C2/C(=C(\O)c3ccc(C)cc3)C(=O)C(=O)N2CC(C)O)c(OC)c1. The Morgan fingerprint density at radius 1 is 1.10 bits per heavy atom. The molecule has 1 saturated heterocycles. The van der Waals surface area contributed by atoms with Crippen molar-refractivity contribution < 1.29 is 29.3 Å². The van der Waals surface area contributed by atoms with Crippen molar-refractivity contribution in [3.8, 4) is 11.5 Å². The fourth-order valence-corrected chi connectivity index (χ4v) is 3.59. The van der Waals surface area contributed by atoms with Crippen molar-refractivity contribution in [1.29, 1.82) is 0 Å². The highest BCUT2D eigenvalue weighted by Gasteiger charge is 2.47. The summed E-state index contributed by atoms with van der Waals surface area (Å²) in [6.07, 6.45) is -0.866. The molecule has 2 atom stereocenters. The molecule has 1 aliphatic heterocycles. The molecule has 2 aromatic carbocycles. The van der Waals surface area contributed by atoms with Gasteiger partial charge in [0.1, 0.15) is 17.3 Å². The van der Waals surface area contributed by atoms with Crippen LogP contribution in [-0.4, -0.2) is 53.7 Å². The van der Waals surface area contributed by atoms with Gasteiger partial charge in [-0.15, -0.1) is 0 Å². The van der Waals surface area contributed by atoms with Gasteiger partial charge < -0.3 is 24.6 Å². The van der Waals surface area contributed by atoms with Gasteiger partial charge in [-0.1, -0.05) is 29.8 Å². The lowest BCUT2D eigenvalue weighted by Gasteiger charge is -2.27. The zero-order valence-electron chi connectivity index (χ0n) is 17.4. The lowest BCUT2D eigenvalue weighted by Crippen LogP contribution is -2.35. The highest BCUT2D eigenvalue weighted by atomic mass is 16.5. The van der Waals surface area contributed by atoms with Crippen molar-refractivity contribution in [2.45, 2.75) is 26.0 Å². The van der Waals surface area contributed by atoms with Gasteiger partial charge in [0.2, 0.25) is 0 Å². The zero-order valence-corrected chi connectivity index (χ0v) is 17.4. The van der Waals surface area contributed by atoms with Crippen LogP contribution < -0.4 is 9.47 Å². The Labute approximate surface area is 175 Å². The van der Waals surface area contributed by atoms with Gasteiger partial charge in [-0.25, -0.2) is 0 Å². The molecular formula is C23H25NO6. The van der Waals surface area contributed by atoms with Gasteiger partial charge in [-0.3, -0.25) is 9.59 Å². The number of aliphatic hydroxyl groups excluding tert-OH is 2. The molecule has 2 unspecified atom stereocenters. The van der Waals surface area contributed by atoms with E-state index in [1.54, 1.807) is 30.3 Å². The second-order valence-electron chi connectivity index (χ2n) is 7.27. The Hall–Kier alpha value is -3.32. The fourth-order valence-electron chi connectivity index (χ4n) is 3.59. The molecule has 0 radical (unpaired) electrons. The van der Waals surface area contributed by atoms with Gasteiger partial charge in [-0.05, 0) is 26.0 Å². The molecule has 7 heteroatoms. The number of hydrogen-bond donors (Lipinski definition) is 2. The summed E-state index contributed by atoms with van der Waals surface area (Å²) in [5.41, 5.74) is 1.88. The summed E-state index contributed by atoms with van der Waals surface area (Å²) in [6, 6.07) is 11.1. The van der Waals surface area contributed by atoms with Crippen molar-refractivity contribution in [2.75, 3.05) is 20.8 Å². The number of amides is 1. The molecule has 0 spiro atoms. The van der Waals surface area contributed by atoms with Crippen LogP contribution in [0.5, 0.6) is 11.5 Å². The summed E-state index contributed by atoms with van der Waals surface area (Å²) in [5.74, 6) is -0.929. The third-order valence-corrected chi connectivity index (χ3v) is 5.06. The number of Topliss-reactive ketones (excluding diaryl/α,β-unsaturated/α-hetero) is 1. The van der Waals surface area contributed by atoms with Crippen LogP contribution in [-0.2, 0) is 9.59 Å². The highest BCUT2D eigenvalue weighted by Crippen LogP contribution is 2.43. The average molecular weight is 411 g/mol. The minimum Gasteiger partial charge on any atom is -0.507 e. The maximum atomic E-state index is 12.9. The van der Waals surface area contributed by atoms with E-state index in [2.05, 4.69) is 0 Å². The average Bonchev–Trinajstić information content (AvgIpc) is 2.97. The summed E-state index contributed by atoms with van der Waals surface area (Å²) in [4.78, 5) is 27.0. The second kappa shape index (κ2) is 8.59. The molecule has 3 rings (SSSR count). The van der Waals surface area contributed by atoms with E-state index < -0.39 is 23.8 Å². The predicted molar refractivity (Wildman–Crippen MR) is 111 cm³/mol. The van der Waals surface area contributed by atoms with E-state index in [4.69, 9.17) is 9.47 Å². The number of likely N-dealkylation sites (tertiary alicyclic amines) is 1. The summed E-state index contributed by atoms with van der Waals surface area (Å²) < 4.78 is 10.7. The smallest absolute Gasteiger partial charge is 0.295 e. The van der Waals surface area contributed by atoms with Gasteiger partial charge in [0, 0.05) is 23.7 Å². The molecule has 1 heterocycles. The Kier molecular flexibility index (Phi) is 6.12. The maximum Gasteiger partial charge on any atom is 0.295 e. The van der Waals surface area contributed by atoms with Gasteiger partial charge in [-0.2, -0.15) is 0 Å². The zero-order chi connectivity index (χ0) is 22.0. The number of ketones is 1. The quantitative estimate of drug-likeness (QED) is 0.431. The maximum absolute atomic E-state index is 12.9. The topological polar surface area (TPSA) is 96.3 Å². The molecule has 0 aromatic heterocycles. The Balaban J connectivity index is 2.24. The summed E-state index contributed by atoms with van der Waals surface area (Å²) >= 11 is 0. The Morgan fingerprint density at radius 2 is 1.77 bits per heavy atom. The summed E-state index contributed by atoms with van der Waals surface area (Å²) in [5, 5.41) is 20.9. The predicted octanol–water partition coefficient (Wildman–Crippen LogP) is 2.81. The number of carbonyl (C=O) groups is 2. The van der Waals surface area contributed by atoms with E-state index in [-0.39, 0.29) is 17.9 Å². The molecule has 0 aliphatic carbocycles. The van der Waals surface area contributed by atoms with E-state index in [0.29, 0.717) is 22.6 Å². The van der Waals surface area contributed by atoms with Crippen LogP contribution in [0.1, 0.15) is 29.7 Å². The molecule has 1 amide bonds. The fraction of sp³-hybridized carbons (Fsp3) is 0.304. The first-order chi connectivity index (χ1) is 14.3. The molecule has 1 aliphatic rings. The monoisotopic (exact) mass is 411 g/mol. The second-order valence-corrected chi connectivity index (χ2v) is 7.27. The van der Waals surface area contributed by atoms with Crippen LogP contribution in [0.25, 0.3) is 5.76 Å². The first kappa shape index (κ1) is 21.4. The molecular weight excluding hydrogens is 386 g/mol. The lowest BCUT2D eigenvalue weighted by atomic mass is 9.94. The molecule has 2 N–H and O–H groups in total. The molecule has 7 nitrogen and oxygen atoms in total. The van der Waals surface area contributed by atoms with E-state index >= 15 is 0 Å². The largest absolute Gasteiger partial charge is 0.507 e. The normalized spacial score (nSPS) is 19.1. The minimum atomic E-state index is -0.915. The van der Waals surface area contributed by atoms with Crippen LogP contribution in [0.2, 0.25) is 0 Å². The number of aryl methyl sites for hydroxylation is 1. The Morgan fingerprint density at radius 3 is 2.33 bits per heavy atom. The van der Waals surface area contributed by atoms with Crippen LogP contribution in [0.15, 0.2) is 48.0 Å². The van der Waals surface area contributed by atoms with Crippen LogP contribution in [0.4, 0.5) is 0 Å². The number of nitrogens with zero attached hydrogens (tertiary/aromatic N) is 1. The first-order valence-corrected chi connectivity index (χ1v) is 9.54. The standard InChI is InChI=1S/C23H25NO6/c1-13-5-7-15(8-6-13)21(26)19-20(24(12-14(2)25)23(28)22(19)27)17-10-9-16(29-3)11-18(17)30-4/h5-11,14,20,25-26H,12H2,1-4H3/b21-19+. The van der Waals surface area contributed by atoms with Crippen molar-refractivity contribution >= 4 is 17.4 Å². The summed E-state index contributed by atoms with van der Waals surface area (Å²) in [6.45, 7) is 3.37. The van der Waals surface area contributed by atoms with E-state index in [9.17, 15) is 19.8 Å². The molecule has 0 saturated carbocycles. The Bertz CT molecular complexity index is 993. The van der Waals surface area contributed by atoms with Crippen molar-refractivity contribution in [1.82, 2.24) is 4.90 Å². The van der Waals surface area contributed by atoms with E-state index in [0.717, 1.165) is 5.56 Å². The number of aliphatic hydroxyl groups is 2. The van der Waals surface area contributed by atoms with Crippen LogP contribution in [0, 0.1) is 6.92 Å². The van der Waals surface area contributed by atoms with Crippen LogP contribution in [0.3, 0.4) is 0 Å². The highest BCUT2D eigenvalue weighted by molar-refractivity contribution is 6.46. The van der Waals surface area contributed by atoms with Gasteiger partial charge in [0.05, 0.1) is 31.9 Å². The van der Waals surface area contributed by atoms with Crippen molar-refractivity contribution in [3.63, 3.8) is 0 Å². The molecule has 30 heavy (non-hydrogen) atoms. The molecule has 0 bridgehead atoms. The number of benzene rings is 2. The van der Waals surface area contributed by atoms with Crippen molar-refractivity contribution in [2.24, 2.45) is 0 Å². The number of β-amino-alcohol motifs (C(OH)–C–C–N with tert-alkyl or cyclic N) is 1.